The minimum atomic E-state index is 1.11. The number of rotatable bonds is 6. The van der Waals surface area contributed by atoms with Crippen molar-refractivity contribution in [2.24, 2.45) is 0 Å². The summed E-state index contributed by atoms with van der Waals surface area (Å²) >= 11 is 1.89. The van der Waals surface area contributed by atoms with E-state index in [1.165, 1.54) is 85.9 Å². The molecule has 0 spiro atoms. The third kappa shape index (κ3) is 5.46. The van der Waals surface area contributed by atoms with Crippen LogP contribution in [0.3, 0.4) is 0 Å². The standard InChI is InChI=1S/C54H35NS/c1-2-12-36(13-3-1)37-22-24-39(25-23-37)45-17-10-11-21-52(45)55(43-31-33-53-51(35-43)49-32-28-38-14-4-7-18-46(38)54(49)56-53)42-29-26-40(27-30-42)50-34-41-15-5-6-16-44(41)47-19-8-9-20-48(47)50/h1-35H. The van der Waals surface area contributed by atoms with Crippen molar-refractivity contribution >= 4 is 80.9 Å². The van der Waals surface area contributed by atoms with Gasteiger partial charge in [0.15, 0.2) is 0 Å². The van der Waals surface area contributed by atoms with Gasteiger partial charge < -0.3 is 4.90 Å². The summed E-state index contributed by atoms with van der Waals surface area (Å²) in [5.41, 5.74) is 10.6. The van der Waals surface area contributed by atoms with Gasteiger partial charge in [-0.2, -0.15) is 0 Å². The number of para-hydroxylation sites is 1. The lowest BCUT2D eigenvalue weighted by atomic mass is 9.93. The Bertz CT molecular complexity index is 3230. The minimum Gasteiger partial charge on any atom is -0.310 e. The minimum absolute atomic E-state index is 1.11. The first kappa shape index (κ1) is 32.4. The van der Waals surface area contributed by atoms with E-state index in [0.29, 0.717) is 0 Å². The van der Waals surface area contributed by atoms with Crippen LogP contribution < -0.4 is 4.90 Å². The maximum atomic E-state index is 2.44. The van der Waals surface area contributed by atoms with Gasteiger partial charge in [0.05, 0.1) is 5.69 Å². The van der Waals surface area contributed by atoms with Gasteiger partial charge in [0.2, 0.25) is 0 Å². The van der Waals surface area contributed by atoms with Crippen molar-refractivity contribution in [1.82, 2.24) is 0 Å². The molecule has 0 saturated heterocycles. The lowest BCUT2D eigenvalue weighted by Gasteiger charge is -2.28. The molecule has 10 aromatic carbocycles. The molecule has 0 aliphatic heterocycles. The molecule has 0 aliphatic carbocycles. The molecule has 1 heterocycles. The van der Waals surface area contributed by atoms with Crippen LogP contribution in [0.25, 0.3) is 85.9 Å². The topological polar surface area (TPSA) is 3.24 Å². The lowest BCUT2D eigenvalue weighted by Crippen LogP contribution is -2.11. The molecule has 0 bridgehead atoms. The van der Waals surface area contributed by atoms with Gasteiger partial charge in [-0.15, -0.1) is 11.3 Å². The first-order valence-corrected chi connectivity index (χ1v) is 20.0. The summed E-state index contributed by atoms with van der Waals surface area (Å²) in [5.74, 6) is 0. The summed E-state index contributed by atoms with van der Waals surface area (Å²) < 4.78 is 2.64. The molecule has 0 aliphatic rings. The molecule has 0 radical (unpaired) electrons. The average molecular weight is 730 g/mol. The summed E-state index contributed by atoms with van der Waals surface area (Å²) in [7, 11) is 0. The molecule has 0 amide bonds. The van der Waals surface area contributed by atoms with E-state index in [0.717, 1.165) is 17.1 Å². The summed E-state index contributed by atoms with van der Waals surface area (Å²) in [6.45, 7) is 0. The summed E-state index contributed by atoms with van der Waals surface area (Å²) in [6, 6.07) is 77.7. The fourth-order valence-electron chi connectivity index (χ4n) is 8.53. The summed E-state index contributed by atoms with van der Waals surface area (Å²) in [6.07, 6.45) is 0. The second kappa shape index (κ2) is 13.4. The molecule has 0 unspecified atom stereocenters. The fourth-order valence-corrected chi connectivity index (χ4v) is 9.75. The van der Waals surface area contributed by atoms with Gasteiger partial charge in [-0.25, -0.2) is 0 Å². The number of nitrogens with zero attached hydrogens (tertiary/aromatic N) is 1. The number of thiophene rings is 1. The monoisotopic (exact) mass is 729 g/mol. The Morgan fingerprint density at radius 3 is 1.71 bits per heavy atom. The molecule has 11 rings (SSSR count). The Morgan fingerprint density at radius 1 is 0.304 bits per heavy atom. The van der Waals surface area contributed by atoms with E-state index in [-0.39, 0.29) is 0 Å². The van der Waals surface area contributed by atoms with Crippen LogP contribution in [0.15, 0.2) is 212 Å². The molecule has 0 N–H and O–H groups in total. The lowest BCUT2D eigenvalue weighted by molar-refractivity contribution is 1.29. The zero-order valence-electron chi connectivity index (χ0n) is 30.6. The van der Waals surface area contributed by atoms with Crippen LogP contribution in [0, 0.1) is 0 Å². The molecule has 2 heteroatoms. The summed E-state index contributed by atoms with van der Waals surface area (Å²) in [5, 5.41) is 10.3. The number of benzene rings is 10. The van der Waals surface area contributed by atoms with Gasteiger partial charge in [-0.3, -0.25) is 0 Å². The van der Waals surface area contributed by atoms with Gasteiger partial charge >= 0.3 is 0 Å². The van der Waals surface area contributed by atoms with E-state index in [2.05, 4.69) is 217 Å². The van der Waals surface area contributed by atoms with Crippen LogP contribution in [0.5, 0.6) is 0 Å². The van der Waals surface area contributed by atoms with E-state index in [1.807, 2.05) is 11.3 Å². The number of hydrogen-bond acceptors (Lipinski definition) is 2. The van der Waals surface area contributed by atoms with Crippen molar-refractivity contribution in [3.63, 3.8) is 0 Å². The maximum Gasteiger partial charge on any atom is 0.0540 e. The Balaban J connectivity index is 1.08. The van der Waals surface area contributed by atoms with Gasteiger partial charge in [0.1, 0.15) is 0 Å². The number of hydrogen-bond donors (Lipinski definition) is 0. The zero-order chi connectivity index (χ0) is 37.0. The quantitative estimate of drug-likeness (QED) is 0.154. The maximum absolute atomic E-state index is 2.44. The molecule has 56 heavy (non-hydrogen) atoms. The van der Waals surface area contributed by atoms with Crippen LogP contribution >= 0.6 is 11.3 Å². The molecule has 1 aromatic heterocycles. The van der Waals surface area contributed by atoms with E-state index >= 15 is 0 Å². The van der Waals surface area contributed by atoms with Crippen molar-refractivity contribution in [2.45, 2.75) is 0 Å². The highest BCUT2D eigenvalue weighted by molar-refractivity contribution is 7.26. The highest BCUT2D eigenvalue weighted by atomic mass is 32.1. The Morgan fingerprint density at radius 2 is 0.893 bits per heavy atom. The smallest absolute Gasteiger partial charge is 0.0540 e. The zero-order valence-corrected chi connectivity index (χ0v) is 31.4. The Kier molecular flexibility index (Phi) is 7.75. The molecular weight excluding hydrogens is 695 g/mol. The molecule has 262 valence electrons. The average Bonchev–Trinajstić information content (AvgIpc) is 3.66. The molecular formula is C54H35NS. The first-order valence-electron chi connectivity index (χ1n) is 19.2. The summed E-state index contributed by atoms with van der Waals surface area (Å²) in [4.78, 5) is 2.44. The van der Waals surface area contributed by atoms with Gasteiger partial charge in [0, 0.05) is 37.1 Å². The van der Waals surface area contributed by atoms with Crippen molar-refractivity contribution in [3.8, 4) is 33.4 Å². The third-order valence-corrected chi connectivity index (χ3v) is 12.5. The Hall–Kier alpha value is -7.00. The van der Waals surface area contributed by atoms with Crippen molar-refractivity contribution in [3.05, 3.63) is 212 Å². The van der Waals surface area contributed by atoms with E-state index in [1.54, 1.807) is 0 Å². The second-order valence-corrected chi connectivity index (χ2v) is 15.5. The second-order valence-electron chi connectivity index (χ2n) is 14.5. The number of fused-ring (bicyclic) bond motifs is 8. The van der Waals surface area contributed by atoms with E-state index < -0.39 is 0 Å². The molecule has 0 saturated carbocycles. The highest BCUT2D eigenvalue weighted by Crippen LogP contribution is 2.46. The van der Waals surface area contributed by atoms with Crippen LogP contribution in [0.1, 0.15) is 0 Å². The molecule has 1 nitrogen and oxygen atoms in total. The van der Waals surface area contributed by atoms with Gasteiger partial charge in [0.25, 0.3) is 0 Å². The van der Waals surface area contributed by atoms with Gasteiger partial charge in [-0.1, -0.05) is 170 Å². The van der Waals surface area contributed by atoms with E-state index in [9.17, 15) is 0 Å². The van der Waals surface area contributed by atoms with Gasteiger partial charge in [-0.05, 0) is 103 Å². The third-order valence-electron chi connectivity index (χ3n) is 11.3. The normalized spacial score (nSPS) is 11.6. The van der Waals surface area contributed by atoms with E-state index in [4.69, 9.17) is 0 Å². The van der Waals surface area contributed by atoms with Crippen molar-refractivity contribution in [2.75, 3.05) is 4.90 Å². The SMILES string of the molecule is c1ccc(-c2ccc(-c3ccccc3N(c3ccc(-c4cc5ccccc5c5ccccc45)cc3)c3ccc4sc5c6ccccc6ccc5c4c3)cc2)cc1. The Labute approximate surface area is 330 Å². The predicted molar refractivity (Wildman–Crippen MR) is 243 cm³/mol. The van der Waals surface area contributed by atoms with Crippen LogP contribution in [0.2, 0.25) is 0 Å². The predicted octanol–water partition coefficient (Wildman–Crippen LogP) is 16.0. The van der Waals surface area contributed by atoms with Crippen LogP contribution in [0.4, 0.5) is 17.1 Å². The number of anilines is 3. The van der Waals surface area contributed by atoms with Crippen LogP contribution in [-0.4, -0.2) is 0 Å². The molecule has 0 fully saturated rings. The largest absolute Gasteiger partial charge is 0.310 e. The molecule has 11 aromatic rings. The van der Waals surface area contributed by atoms with Crippen molar-refractivity contribution < 1.29 is 0 Å². The fraction of sp³-hybridized carbons (Fsp3) is 0. The van der Waals surface area contributed by atoms with Crippen LogP contribution in [-0.2, 0) is 0 Å². The molecule has 0 atom stereocenters. The highest BCUT2D eigenvalue weighted by Gasteiger charge is 2.20. The van der Waals surface area contributed by atoms with Crippen molar-refractivity contribution in [1.29, 1.82) is 0 Å². The first-order chi connectivity index (χ1) is 27.8.